The Labute approximate surface area is 92.4 Å². The Kier molecular flexibility index (Phi) is 4.13. The quantitative estimate of drug-likeness (QED) is 0.322. The number of rotatable bonds is 4. The van der Waals surface area contributed by atoms with Crippen LogP contribution in [0, 0.1) is 5.92 Å². The van der Waals surface area contributed by atoms with E-state index in [0.717, 1.165) is 18.6 Å². The smallest absolute Gasteiger partial charge is 0.0543 e. The first-order valence-corrected chi connectivity index (χ1v) is 5.57. The lowest BCUT2D eigenvalue weighted by molar-refractivity contribution is 0.317. The highest BCUT2D eigenvalue weighted by atomic mass is 16.4. The molecule has 15 heavy (non-hydrogen) atoms. The van der Waals surface area contributed by atoms with Crippen LogP contribution in [0.15, 0.2) is 28.5 Å². The molecule has 0 heterocycles. The molecule has 84 valence electrons. The van der Waals surface area contributed by atoms with Gasteiger partial charge in [-0.3, -0.25) is 0 Å². The van der Waals surface area contributed by atoms with E-state index in [0.29, 0.717) is 5.92 Å². The van der Waals surface area contributed by atoms with Crippen molar-refractivity contribution in [2.24, 2.45) is 11.1 Å². The first-order chi connectivity index (χ1) is 7.06. The van der Waals surface area contributed by atoms with Crippen LogP contribution >= 0.6 is 0 Å². The number of nitrogens with zero attached hydrogens (tertiary/aromatic N) is 1. The molecule has 0 aromatic heterocycles. The van der Waals surface area contributed by atoms with Gasteiger partial charge in [0.25, 0.3) is 0 Å². The van der Waals surface area contributed by atoms with Gasteiger partial charge in [0.2, 0.25) is 0 Å². The number of allylic oxidation sites excluding steroid dienone is 3. The van der Waals surface area contributed by atoms with E-state index in [1.807, 2.05) is 6.92 Å². The summed E-state index contributed by atoms with van der Waals surface area (Å²) in [6.45, 7) is 10.2. The van der Waals surface area contributed by atoms with Crippen molar-refractivity contribution in [3.63, 3.8) is 0 Å². The Hall–Kier alpha value is -1.05. The molecule has 0 aromatic rings. The number of oxime groups is 1. The average Bonchev–Trinajstić information content (AvgIpc) is 2.56. The van der Waals surface area contributed by atoms with Gasteiger partial charge < -0.3 is 5.21 Å². The van der Waals surface area contributed by atoms with E-state index in [1.165, 1.54) is 29.6 Å². The Balaban J connectivity index is 2.65. The normalized spacial score (nSPS) is 22.3. The maximum Gasteiger partial charge on any atom is 0.0543 e. The maximum absolute atomic E-state index is 8.60. The van der Waals surface area contributed by atoms with E-state index in [2.05, 4.69) is 25.6 Å². The van der Waals surface area contributed by atoms with Crippen LogP contribution < -0.4 is 0 Å². The second kappa shape index (κ2) is 5.15. The summed E-state index contributed by atoms with van der Waals surface area (Å²) >= 11 is 0. The largest absolute Gasteiger partial charge is 0.411 e. The Bertz CT molecular complexity index is 312. The van der Waals surface area contributed by atoms with E-state index in [-0.39, 0.29) is 0 Å². The van der Waals surface area contributed by atoms with Crippen LogP contribution in [-0.2, 0) is 0 Å². The summed E-state index contributed by atoms with van der Waals surface area (Å²) in [5.74, 6) is 0.566. The van der Waals surface area contributed by atoms with Gasteiger partial charge in [-0.2, -0.15) is 0 Å². The van der Waals surface area contributed by atoms with Crippen LogP contribution in [0.25, 0.3) is 0 Å². The Morgan fingerprint density at radius 2 is 2.20 bits per heavy atom. The van der Waals surface area contributed by atoms with Crippen LogP contribution in [0.2, 0.25) is 0 Å². The molecule has 0 spiro atoms. The molecular weight excluding hydrogens is 186 g/mol. The third-order valence-corrected chi connectivity index (χ3v) is 3.30. The van der Waals surface area contributed by atoms with Gasteiger partial charge in [-0.25, -0.2) is 0 Å². The fraction of sp³-hybridized carbons (Fsp3) is 0.615. The van der Waals surface area contributed by atoms with Gasteiger partial charge in [-0.05, 0) is 46.5 Å². The molecule has 1 N–H and O–H groups in total. The van der Waals surface area contributed by atoms with Crippen molar-refractivity contribution < 1.29 is 5.21 Å². The predicted molar refractivity (Wildman–Crippen MR) is 64.4 cm³/mol. The van der Waals surface area contributed by atoms with Gasteiger partial charge in [0, 0.05) is 5.92 Å². The predicted octanol–water partition coefficient (Wildman–Crippen LogP) is 3.92. The maximum atomic E-state index is 8.60. The summed E-state index contributed by atoms with van der Waals surface area (Å²) in [5, 5.41) is 11.8. The van der Waals surface area contributed by atoms with Crippen molar-refractivity contribution in [3.8, 4) is 0 Å². The van der Waals surface area contributed by atoms with Gasteiger partial charge >= 0.3 is 0 Å². The molecule has 0 radical (unpaired) electrons. The molecule has 0 saturated carbocycles. The molecule has 2 heteroatoms. The van der Waals surface area contributed by atoms with Gasteiger partial charge in [0.05, 0.1) is 5.71 Å². The molecule has 0 aliphatic heterocycles. The van der Waals surface area contributed by atoms with Crippen molar-refractivity contribution in [2.45, 2.75) is 46.5 Å². The van der Waals surface area contributed by atoms with E-state index in [4.69, 9.17) is 5.21 Å². The van der Waals surface area contributed by atoms with Crippen LogP contribution in [0.1, 0.15) is 46.5 Å². The Morgan fingerprint density at radius 3 is 2.73 bits per heavy atom. The lowest BCUT2D eigenvalue weighted by Gasteiger charge is -2.15. The lowest BCUT2D eigenvalue weighted by Crippen LogP contribution is -2.03. The molecule has 0 fully saturated rings. The standard InChI is InChI=1S/C13H21NO/c1-9(2)12-7-5-10(3)13(12)8-6-11(4)14-15/h12,15H,1,5-8H2,2-4H3/b14-11-/t12-/m1/s1. The zero-order chi connectivity index (χ0) is 11.4. The summed E-state index contributed by atoms with van der Waals surface area (Å²) < 4.78 is 0. The molecule has 0 bridgehead atoms. The summed E-state index contributed by atoms with van der Waals surface area (Å²) in [4.78, 5) is 0. The van der Waals surface area contributed by atoms with E-state index in [9.17, 15) is 0 Å². The minimum Gasteiger partial charge on any atom is -0.411 e. The lowest BCUT2D eigenvalue weighted by atomic mass is 9.90. The molecule has 0 saturated heterocycles. The van der Waals surface area contributed by atoms with Crippen LogP contribution in [0.4, 0.5) is 0 Å². The van der Waals surface area contributed by atoms with Crippen molar-refractivity contribution in [1.29, 1.82) is 0 Å². The monoisotopic (exact) mass is 207 g/mol. The zero-order valence-corrected chi connectivity index (χ0v) is 10.0. The summed E-state index contributed by atoms with van der Waals surface area (Å²) in [6.07, 6.45) is 4.28. The average molecular weight is 207 g/mol. The molecule has 1 atom stereocenters. The minimum atomic E-state index is 0.566. The van der Waals surface area contributed by atoms with Crippen molar-refractivity contribution in [1.82, 2.24) is 0 Å². The zero-order valence-electron chi connectivity index (χ0n) is 10.0. The van der Waals surface area contributed by atoms with E-state index in [1.54, 1.807) is 0 Å². The van der Waals surface area contributed by atoms with Gasteiger partial charge in [-0.1, -0.05) is 28.5 Å². The summed E-state index contributed by atoms with van der Waals surface area (Å²) in [7, 11) is 0. The fourth-order valence-corrected chi connectivity index (χ4v) is 2.29. The summed E-state index contributed by atoms with van der Waals surface area (Å²) in [6, 6.07) is 0. The van der Waals surface area contributed by atoms with Crippen LogP contribution in [-0.4, -0.2) is 10.9 Å². The molecule has 0 unspecified atom stereocenters. The second-order valence-electron chi connectivity index (χ2n) is 4.58. The van der Waals surface area contributed by atoms with Gasteiger partial charge in [0.15, 0.2) is 0 Å². The third kappa shape index (κ3) is 2.95. The Morgan fingerprint density at radius 1 is 1.53 bits per heavy atom. The van der Waals surface area contributed by atoms with Crippen molar-refractivity contribution >= 4 is 5.71 Å². The first-order valence-electron chi connectivity index (χ1n) is 5.57. The molecule has 2 nitrogen and oxygen atoms in total. The first kappa shape index (κ1) is 12.0. The highest BCUT2D eigenvalue weighted by Gasteiger charge is 2.23. The third-order valence-electron chi connectivity index (χ3n) is 3.30. The fourth-order valence-electron chi connectivity index (χ4n) is 2.29. The minimum absolute atomic E-state index is 0.566. The molecule has 1 aliphatic rings. The highest BCUT2D eigenvalue weighted by molar-refractivity contribution is 5.81. The van der Waals surface area contributed by atoms with Gasteiger partial charge in [0.1, 0.15) is 0 Å². The van der Waals surface area contributed by atoms with Crippen molar-refractivity contribution in [2.75, 3.05) is 0 Å². The van der Waals surface area contributed by atoms with E-state index < -0.39 is 0 Å². The highest BCUT2D eigenvalue weighted by Crippen LogP contribution is 2.38. The molecule has 1 aliphatic carbocycles. The van der Waals surface area contributed by atoms with Crippen molar-refractivity contribution in [3.05, 3.63) is 23.3 Å². The SMILES string of the molecule is C=C(C)[C@H]1CCC(C)=C1CC/C(C)=N\O. The van der Waals surface area contributed by atoms with Crippen LogP contribution in [0.5, 0.6) is 0 Å². The second-order valence-corrected chi connectivity index (χ2v) is 4.58. The molecule has 0 aromatic carbocycles. The number of hydrogen-bond donors (Lipinski definition) is 1. The molecule has 0 amide bonds. The topological polar surface area (TPSA) is 32.6 Å². The van der Waals surface area contributed by atoms with E-state index >= 15 is 0 Å². The molecule has 1 rings (SSSR count). The van der Waals surface area contributed by atoms with Crippen LogP contribution in [0.3, 0.4) is 0 Å². The summed E-state index contributed by atoms with van der Waals surface area (Å²) in [5.41, 5.74) is 5.10. The van der Waals surface area contributed by atoms with Gasteiger partial charge in [-0.15, -0.1) is 0 Å². The molecular formula is C13H21NO. The number of hydrogen-bond acceptors (Lipinski definition) is 2.